The number of hydrogen-bond acceptors (Lipinski definition) is 2. The fourth-order valence-electron chi connectivity index (χ4n) is 2.01. The Morgan fingerprint density at radius 3 is 2.14 bits per heavy atom. The fraction of sp³-hybridized carbons (Fsp3) is 0.500. The van der Waals surface area contributed by atoms with Crippen molar-refractivity contribution < 1.29 is 14.0 Å². The molecule has 0 fully saturated rings. The Kier molecular flexibility index (Phi) is 6.34. The van der Waals surface area contributed by atoms with Crippen LogP contribution in [-0.2, 0) is 16.0 Å². The first-order valence-electron chi connectivity index (χ1n) is 7.11. The zero-order valence-electron chi connectivity index (χ0n) is 12.9. The highest BCUT2D eigenvalue weighted by Crippen LogP contribution is 2.11. The third-order valence-corrected chi connectivity index (χ3v) is 3.31. The van der Waals surface area contributed by atoms with Gasteiger partial charge in [-0.25, -0.2) is 4.39 Å². The first-order chi connectivity index (χ1) is 9.79. The van der Waals surface area contributed by atoms with Crippen LogP contribution in [0.3, 0.4) is 0 Å². The Morgan fingerprint density at radius 1 is 1.10 bits per heavy atom. The molecule has 1 aromatic rings. The normalized spacial score (nSPS) is 13.6. The Labute approximate surface area is 125 Å². The molecule has 0 heterocycles. The molecule has 1 rings (SSSR count). The van der Waals surface area contributed by atoms with E-state index in [1.807, 2.05) is 13.8 Å². The van der Waals surface area contributed by atoms with Crippen LogP contribution in [-0.4, -0.2) is 23.9 Å². The van der Waals surface area contributed by atoms with E-state index in [-0.39, 0.29) is 29.6 Å². The van der Waals surface area contributed by atoms with E-state index in [9.17, 15) is 14.0 Å². The molecule has 0 saturated heterocycles. The molecule has 116 valence electrons. The summed E-state index contributed by atoms with van der Waals surface area (Å²) in [7, 11) is 0. The molecule has 1 aromatic carbocycles. The number of nitrogens with one attached hydrogen (secondary N) is 2. The van der Waals surface area contributed by atoms with Gasteiger partial charge in [0.2, 0.25) is 11.8 Å². The van der Waals surface area contributed by atoms with Crippen LogP contribution in [0.2, 0.25) is 0 Å². The van der Waals surface area contributed by atoms with Gasteiger partial charge in [0.25, 0.3) is 0 Å². The van der Waals surface area contributed by atoms with Crippen molar-refractivity contribution in [3.8, 4) is 0 Å². The lowest BCUT2D eigenvalue weighted by molar-refractivity contribution is -0.128. The maximum Gasteiger partial charge on any atom is 0.242 e. The first kappa shape index (κ1) is 17.1. The lowest BCUT2D eigenvalue weighted by Crippen LogP contribution is -2.49. The standard InChI is InChI=1S/C16H23FN2O2/c1-10(2)15(9-13-5-7-14(17)8-6-13)19-16(21)11(3)18-12(4)20/h5-8,10-11,15H,9H2,1-4H3,(H,18,20)(H,19,21)/t11-,15+/m0/s1. The first-order valence-corrected chi connectivity index (χ1v) is 7.11. The largest absolute Gasteiger partial charge is 0.351 e. The van der Waals surface area contributed by atoms with Crippen LogP contribution in [0.4, 0.5) is 4.39 Å². The highest BCUT2D eigenvalue weighted by molar-refractivity contribution is 5.86. The maximum absolute atomic E-state index is 12.9. The van der Waals surface area contributed by atoms with Gasteiger partial charge in [0.05, 0.1) is 0 Å². The van der Waals surface area contributed by atoms with E-state index in [0.29, 0.717) is 6.42 Å². The second-order valence-electron chi connectivity index (χ2n) is 5.61. The molecule has 0 bridgehead atoms. The molecule has 0 aliphatic heterocycles. The van der Waals surface area contributed by atoms with Crippen LogP contribution < -0.4 is 10.6 Å². The molecule has 0 radical (unpaired) electrons. The zero-order valence-corrected chi connectivity index (χ0v) is 12.9. The lowest BCUT2D eigenvalue weighted by atomic mass is 9.96. The minimum absolute atomic E-state index is 0.0702. The van der Waals surface area contributed by atoms with Crippen molar-refractivity contribution in [3.63, 3.8) is 0 Å². The Morgan fingerprint density at radius 2 is 1.67 bits per heavy atom. The van der Waals surface area contributed by atoms with E-state index in [4.69, 9.17) is 0 Å². The molecule has 2 atom stereocenters. The van der Waals surface area contributed by atoms with Crippen LogP contribution in [0.25, 0.3) is 0 Å². The molecule has 0 aromatic heterocycles. The van der Waals surface area contributed by atoms with E-state index in [0.717, 1.165) is 5.56 Å². The summed E-state index contributed by atoms with van der Waals surface area (Å²) < 4.78 is 12.9. The second-order valence-corrected chi connectivity index (χ2v) is 5.61. The summed E-state index contributed by atoms with van der Waals surface area (Å²) in [5, 5.41) is 5.49. The molecule has 0 aliphatic rings. The molecular weight excluding hydrogens is 271 g/mol. The van der Waals surface area contributed by atoms with E-state index in [1.54, 1.807) is 19.1 Å². The third-order valence-electron chi connectivity index (χ3n) is 3.31. The molecule has 2 N–H and O–H groups in total. The number of rotatable bonds is 6. The van der Waals surface area contributed by atoms with Crippen molar-refractivity contribution >= 4 is 11.8 Å². The van der Waals surface area contributed by atoms with Crippen molar-refractivity contribution in [2.75, 3.05) is 0 Å². The Bertz CT molecular complexity index is 486. The molecular formula is C16H23FN2O2. The minimum Gasteiger partial charge on any atom is -0.351 e. The molecule has 0 spiro atoms. The molecule has 0 saturated carbocycles. The monoisotopic (exact) mass is 294 g/mol. The number of carbonyl (C=O) groups is 2. The van der Waals surface area contributed by atoms with Gasteiger partial charge in [-0.1, -0.05) is 26.0 Å². The number of carbonyl (C=O) groups excluding carboxylic acids is 2. The van der Waals surface area contributed by atoms with Gasteiger partial charge in [0, 0.05) is 13.0 Å². The quantitative estimate of drug-likeness (QED) is 0.843. The molecule has 4 nitrogen and oxygen atoms in total. The summed E-state index contributed by atoms with van der Waals surface area (Å²) in [6, 6.07) is 5.61. The number of benzene rings is 1. The lowest BCUT2D eigenvalue weighted by Gasteiger charge is -2.24. The van der Waals surface area contributed by atoms with Gasteiger partial charge < -0.3 is 10.6 Å². The molecule has 2 amide bonds. The van der Waals surface area contributed by atoms with E-state index in [2.05, 4.69) is 10.6 Å². The Hall–Kier alpha value is -1.91. The highest BCUT2D eigenvalue weighted by Gasteiger charge is 2.20. The Balaban J connectivity index is 2.67. The van der Waals surface area contributed by atoms with E-state index < -0.39 is 6.04 Å². The zero-order chi connectivity index (χ0) is 16.0. The molecule has 0 aliphatic carbocycles. The predicted molar refractivity (Wildman–Crippen MR) is 80.2 cm³/mol. The van der Waals surface area contributed by atoms with Gasteiger partial charge in [-0.05, 0) is 37.0 Å². The van der Waals surface area contributed by atoms with Gasteiger partial charge >= 0.3 is 0 Å². The molecule has 0 unspecified atom stereocenters. The van der Waals surface area contributed by atoms with Crippen LogP contribution >= 0.6 is 0 Å². The van der Waals surface area contributed by atoms with Crippen molar-refractivity contribution in [3.05, 3.63) is 35.6 Å². The summed E-state index contributed by atoms with van der Waals surface area (Å²) in [5.74, 6) is -0.505. The number of halogens is 1. The van der Waals surface area contributed by atoms with Gasteiger partial charge in [0.15, 0.2) is 0 Å². The minimum atomic E-state index is -0.572. The van der Waals surface area contributed by atoms with E-state index in [1.165, 1.54) is 19.1 Å². The van der Waals surface area contributed by atoms with Gasteiger partial charge in [-0.15, -0.1) is 0 Å². The second kappa shape index (κ2) is 7.76. The number of amides is 2. The van der Waals surface area contributed by atoms with Crippen molar-refractivity contribution in [1.82, 2.24) is 10.6 Å². The average Bonchev–Trinajstić information content (AvgIpc) is 2.39. The van der Waals surface area contributed by atoms with Crippen molar-refractivity contribution in [2.45, 2.75) is 46.2 Å². The fourth-order valence-corrected chi connectivity index (χ4v) is 2.01. The smallest absolute Gasteiger partial charge is 0.242 e. The van der Waals surface area contributed by atoms with Crippen LogP contribution in [0.1, 0.15) is 33.3 Å². The van der Waals surface area contributed by atoms with Crippen LogP contribution in [0, 0.1) is 11.7 Å². The highest BCUT2D eigenvalue weighted by atomic mass is 19.1. The van der Waals surface area contributed by atoms with E-state index >= 15 is 0 Å². The SMILES string of the molecule is CC(=O)N[C@@H](C)C(=O)N[C@H](Cc1ccc(F)cc1)C(C)C. The van der Waals surface area contributed by atoms with Crippen molar-refractivity contribution in [2.24, 2.45) is 5.92 Å². The topological polar surface area (TPSA) is 58.2 Å². The van der Waals surface area contributed by atoms with Crippen LogP contribution in [0.5, 0.6) is 0 Å². The van der Waals surface area contributed by atoms with Gasteiger partial charge in [-0.3, -0.25) is 9.59 Å². The molecule has 21 heavy (non-hydrogen) atoms. The summed E-state index contributed by atoms with van der Waals surface area (Å²) >= 11 is 0. The maximum atomic E-state index is 12.9. The summed E-state index contributed by atoms with van der Waals surface area (Å²) in [6.45, 7) is 7.04. The van der Waals surface area contributed by atoms with Gasteiger partial charge in [0.1, 0.15) is 11.9 Å². The predicted octanol–water partition coefficient (Wildman–Crippen LogP) is 2.03. The third kappa shape index (κ3) is 5.94. The summed E-state index contributed by atoms with van der Waals surface area (Å²) in [6.07, 6.45) is 0.622. The molecule has 5 heteroatoms. The van der Waals surface area contributed by atoms with Crippen molar-refractivity contribution in [1.29, 1.82) is 0 Å². The van der Waals surface area contributed by atoms with Crippen LogP contribution in [0.15, 0.2) is 24.3 Å². The average molecular weight is 294 g/mol. The summed E-state index contributed by atoms with van der Waals surface area (Å²) in [5.41, 5.74) is 0.961. The summed E-state index contributed by atoms with van der Waals surface area (Å²) in [4.78, 5) is 23.0. The number of hydrogen-bond donors (Lipinski definition) is 2. The van der Waals surface area contributed by atoms with Gasteiger partial charge in [-0.2, -0.15) is 0 Å².